The van der Waals surface area contributed by atoms with Gasteiger partial charge >= 0.3 is 0 Å². The largest absolute Gasteiger partial charge is 0.383 e. The van der Waals surface area contributed by atoms with Crippen LogP contribution in [0.4, 0.5) is 5.82 Å². The fourth-order valence-corrected chi connectivity index (χ4v) is 1.91. The van der Waals surface area contributed by atoms with Crippen molar-refractivity contribution in [3.05, 3.63) is 58.8 Å². The molecule has 2 aromatic rings. The standard InChI is InChI=1S/C15H16N2O/c1-3-11-4-6-12(7-5-11)14(18)13-10(2)8-9-17-15(13)16/h4-9H,3H2,1-2H3,(H2,16,17). The third kappa shape index (κ3) is 2.25. The summed E-state index contributed by atoms with van der Waals surface area (Å²) in [4.78, 5) is 16.3. The average Bonchev–Trinajstić information content (AvgIpc) is 2.38. The monoisotopic (exact) mass is 240 g/mol. The van der Waals surface area contributed by atoms with Crippen molar-refractivity contribution in [1.29, 1.82) is 0 Å². The Balaban J connectivity index is 2.41. The van der Waals surface area contributed by atoms with Gasteiger partial charge in [-0.15, -0.1) is 0 Å². The number of nitrogens with zero attached hydrogens (tertiary/aromatic N) is 1. The Labute approximate surface area is 107 Å². The molecule has 0 fully saturated rings. The molecule has 0 spiro atoms. The Bertz CT molecular complexity index is 553. The number of carbonyl (C=O) groups is 1. The van der Waals surface area contributed by atoms with E-state index in [4.69, 9.17) is 5.73 Å². The van der Waals surface area contributed by atoms with Gasteiger partial charge in [-0.05, 0) is 30.5 Å². The van der Waals surface area contributed by atoms with Crippen molar-refractivity contribution in [2.75, 3.05) is 5.73 Å². The summed E-state index contributed by atoms with van der Waals surface area (Å²) in [6.45, 7) is 3.95. The molecule has 0 aliphatic rings. The summed E-state index contributed by atoms with van der Waals surface area (Å²) in [5.41, 5.74) is 9.00. The molecule has 0 aliphatic carbocycles. The normalized spacial score (nSPS) is 10.3. The van der Waals surface area contributed by atoms with Gasteiger partial charge in [0.25, 0.3) is 0 Å². The maximum atomic E-state index is 12.4. The highest BCUT2D eigenvalue weighted by molar-refractivity contribution is 6.12. The van der Waals surface area contributed by atoms with E-state index in [9.17, 15) is 4.79 Å². The lowest BCUT2D eigenvalue weighted by Crippen LogP contribution is -2.09. The van der Waals surface area contributed by atoms with E-state index in [2.05, 4.69) is 11.9 Å². The summed E-state index contributed by atoms with van der Waals surface area (Å²) in [6, 6.07) is 9.41. The number of nitrogens with two attached hydrogens (primary N) is 1. The number of aromatic nitrogens is 1. The van der Waals surface area contributed by atoms with Crippen LogP contribution in [0.5, 0.6) is 0 Å². The first kappa shape index (κ1) is 12.3. The van der Waals surface area contributed by atoms with E-state index in [0.29, 0.717) is 16.9 Å². The molecule has 1 aromatic carbocycles. The van der Waals surface area contributed by atoms with E-state index in [-0.39, 0.29) is 5.78 Å². The van der Waals surface area contributed by atoms with Crippen LogP contribution in [0.1, 0.15) is 34.0 Å². The molecule has 1 aromatic heterocycles. The molecule has 0 unspecified atom stereocenters. The summed E-state index contributed by atoms with van der Waals surface area (Å²) in [6.07, 6.45) is 2.57. The predicted molar refractivity (Wildman–Crippen MR) is 72.6 cm³/mol. The molecule has 0 bridgehead atoms. The Morgan fingerprint density at radius 1 is 1.22 bits per heavy atom. The number of rotatable bonds is 3. The zero-order valence-electron chi connectivity index (χ0n) is 10.6. The van der Waals surface area contributed by atoms with Crippen LogP contribution in [-0.4, -0.2) is 10.8 Å². The van der Waals surface area contributed by atoms with E-state index in [1.54, 1.807) is 12.3 Å². The fraction of sp³-hybridized carbons (Fsp3) is 0.200. The van der Waals surface area contributed by atoms with Crippen molar-refractivity contribution in [3.63, 3.8) is 0 Å². The molecule has 0 saturated carbocycles. The summed E-state index contributed by atoms with van der Waals surface area (Å²) in [7, 11) is 0. The van der Waals surface area contributed by atoms with Crippen LogP contribution in [0, 0.1) is 6.92 Å². The topological polar surface area (TPSA) is 56.0 Å². The number of nitrogen functional groups attached to an aromatic ring is 1. The number of anilines is 1. The van der Waals surface area contributed by atoms with Gasteiger partial charge in [0.2, 0.25) is 0 Å². The van der Waals surface area contributed by atoms with Gasteiger partial charge in [0, 0.05) is 11.8 Å². The molecule has 0 amide bonds. The van der Waals surface area contributed by atoms with Crippen LogP contribution < -0.4 is 5.73 Å². The minimum Gasteiger partial charge on any atom is -0.383 e. The lowest BCUT2D eigenvalue weighted by molar-refractivity contribution is 0.103. The molecule has 18 heavy (non-hydrogen) atoms. The van der Waals surface area contributed by atoms with Crippen LogP contribution in [0.2, 0.25) is 0 Å². The Morgan fingerprint density at radius 3 is 2.44 bits per heavy atom. The minimum absolute atomic E-state index is 0.0687. The van der Waals surface area contributed by atoms with Crippen LogP contribution in [0.15, 0.2) is 36.5 Å². The number of hydrogen-bond acceptors (Lipinski definition) is 3. The number of ketones is 1. The number of aryl methyl sites for hydroxylation is 2. The highest BCUT2D eigenvalue weighted by Crippen LogP contribution is 2.18. The second-order valence-electron chi connectivity index (χ2n) is 4.27. The SMILES string of the molecule is CCc1ccc(C(=O)c2c(C)ccnc2N)cc1. The predicted octanol–water partition coefficient (Wildman–Crippen LogP) is 2.77. The van der Waals surface area contributed by atoms with Crippen molar-refractivity contribution in [2.45, 2.75) is 20.3 Å². The van der Waals surface area contributed by atoms with E-state index >= 15 is 0 Å². The Kier molecular flexibility index (Phi) is 3.42. The maximum Gasteiger partial charge on any atom is 0.196 e. The van der Waals surface area contributed by atoms with Gasteiger partial charge < -0.3 is 5.73 Å². The van der Waals surface area contributed by atoms with Gasteiger partial charge in [-0.25, -0.2) is 4.98 Å². The zero-order valence-corrected chi connectivity index (χ0v) is 10.6. The maximum absolute atomic E-state index is 12.4. The molecule has 3 nitrogen and oxygen atoms in total. The Hall–Kier alpha value is -2.16. The molecule has 92 valence electrons. The lowest BCUT2D eigenvalue weighted by Gasteiger charge is -2.07. The average molecular weight is 240 g/mol. The molecule has 0 aliphatic heterocycles. The first-order chi connectivity index (χ1) is 8.63. The summed E-state index contributed by atoms with van der Waals surface area (Å²) >= 11 is 0. The molecular weight excluding hydrogens is 224 g/mol. The second kappa shape index (κ2) is 5.00. The van der Waals surface area contributed by atoms with Gasteiger partial charge in [0.05, 0.1) is 5.56 Å². The van der Waals surface area contributed by atoms with Gasteiger partial charge in [-0.1, -0.05) is 31.2 Å². The lowest BCUT2D eigenvalue weighted by atomic mass is 9.99. The second-order valence-corrected chi connectivity index (χ2v) is 4.27. The zero-order chi connectivity index (χ0) is 13.1. The third-order valence-electron chi connectivity index (χ3n) is 3.04. The fourth-order valence-electron chi connectivity index (χ4n) is 1.91. The number of benzene rings is 1. The van der Waals surface area contributed by atoms with Crippen molar-refractivity contribution in [3.8, 4) is 0 Å². The molecule has 0 saturated heterocycles. The summed E-state index contributed by atoms with van der Waals surface area (Å²) in [5, 5.41) is 0. The molecular formula is C15H16N2O. The number of hydrogen-bond donors (Lipinski definition) is 1. The van der Waals surface area contributed by atoms with Gasteiger partial charge in [0.1, 0.15) is 5.82 Å². The smallest absolute Gasteiger partial charge is 0.196 e. The minimum atomic E-state index is -0.0687. The van der Waals surface area contributed by atoms with E-state index in [0.717, 1.165) is 12.0 Å². The highest BCUT2D eigenvalue weighted by Gasteiger charge is 2.15. The molecule has 1 heterocycles. The molecule has 2 N–H and O–H groups in total. The van der Waals surface area contributed by atoms with E-state index in [1.165, 1.54) is 5.56 Å². The van der Waals surface area contributed by atoms with Crippen molar-refractivity contribution in [2.24, 2.45) is 0 Å². The number of pyridine rings is 1. The molecule has 2 rings (SSSR count). The first-order valence-corrected chi connectivity index (χ1v) is 5.98. The first-order valence-electron chi connectivity index (χ1n) is 5.98. The third-order valence-corrected chi connectivity index (χ3v) is 3.04. The van der Waals surface area contributed by atoms with E-state index in [1.807, 2.05) is 31.2 Å². The molecule has 3 heteroatoms. The van der Waals surface area contributed by atoms with Gasteiger partial charge in [-0.3, -0.25) is 4.79 Å². The molecule has 0 atom stereocenters. The Morgan fingerprint density at radius 2 is 1.89 bits per heavy atom. The summed E-state index contributed by atoms with van der Waals surface area (Å²) < 4.78 is 0. The quantitative estimate of drug-likeness (QED) is 0.839. The summed E-state index contributed by atoms with van der Waals surface area (Å²) in [5.74, 6) is 0.223. The van der Waals surface area contributed by atoms with Crippen molar-refractivity contribution < 1.29 is 4.79 Å². The van der Waals surface area contributed by atoms with Crippen molar-refractivity contribution in [1.82, 2.24) is 4.98 Å². The molecule has 0 radical (unpaired) electrons. The van der Waals surface area contributed by atoms with Crippen LogP contribution in [0.25, 0.3) is 0 Å². The van der Waals surface area contributed by atoms with Crippen LogP contribution in [0.3, 0.4) is 0 Å². The van der Waals surface area contributed by atoms with Crippen LogP contribution >= 0.6 is 0 Å². The number of carbonyl (C=O) groups excluding carboxylic acids is 1. The van der Waals surface area contributed by atoms with Gasteiger partial charge in [0.15, 0.2) is 5.78 Å². The van der Waals surface area contributed by atoms with E-state index < -0.39 is 0 Å². The van der Waals surface area contributed by atoms with Crippen molar-refractivity contribution >= 4 is 11.6 Å². The van der Waals surface area contributed by atoms with Gasteiger partial charge in [-0.2, -0.15) is 0 Å². The highest BCUT2D eigenvalue weighted by atomic mass is 16.1. The van der Waals surface area contributed by atoms with Crippen LogP contribution in [-0.2, 0) is 6.42 Å².